The molecule has 0 aromatic rings. The Balaban J connectivity index is 5.38. The van der Waals surface area contributed by atoms with E-state index in [4.69, 9.17) is 37.0 Å². The number of ether oxygens (including phenoxy) is 4. The van der Waals surface area contributed by atoms with Crippen LogP contribution in [0.3, 0.4) is 0 Å². The molecule has 0 fully saturated rings. The lowest BCUT2D eigenvalue weighted by molar-refractivity contribution is -0.161. The first-order valence-electron chi connectivity index (χ1n) is 41.1. The van der Waals surface area contributed by atoms with Crippen molar-refractivity contribution in [3.63, 3.8) is 0 Å². The molecule has 3 N–H and O–H groups in total. The van der Waals surface area contributed by atoms with Gasteiger partial charge in [-0.1, -0.05) is 323 Å². The summed E-state index contributed by atoms with van der Waals surface area (Å²) in [4.78, 5) is 73.1. The van der Waals surface area contributed by atoms with Crippen molar-refractivity contribution in [2.24, 2.45) is 0 Å². The fourth-order valence-electron chi connectivity index (χ4n) is 11.1. The molecule has 0 amide bonds. The van der Waals surface area contributed by atoms with E-state index in [-0.39, 0.29) is 25.7 Å². The molecule has 0 aliphatic rings. The predicted octanol–water partition coefficient (Wildman–Crippen LogP) is 24.1. The molecular weight excluding hydrogens is 1350 g/mol. The first-order valence-corrected chi connectivity index (χ1v) is 44.1. The van der Waals surface area contributed by atoms with Crippen LogP contribution in [0.5, 0.6) is 0 Å². The van der Waals surface area contributed by atoms with Crippen molar-refractivity contribution in [3.05, 3.63) is 109 Å². The average molecular weight is 1500 g/mol. The van der Waals surface area contributed by atoms with E-state index in [1.54, 1.807) is 0 Å². The molecule has 0 aliphatic carbocycles. The van der Waals surface area contributed by atoms with Gasteiger partial charge in [0, 0.05) is 25.7 Å². The Labute approximate surface area is 632 Å². The van der Waals surface area contributed by atoms with E-state index < -0.39 is 97.5 Å². The van der Waals surface area contributed by atoms with Gasteiger partial charge in [-0.05, 0) is 109 Å². The van der Waals surface area contributed by atoms with Crippen LogP contribution in [-0.2, 0) is 65.4 Å². The normalized spacial score (nSPS) is 14.4. The minimum absolute atomic E-state index is 0.0899. The molecule has 17 nitrogen and oxygen atoms in total. The van der Waals surface area contributed by atoms with Crippen LogP contribution in [0.2, 0.25) is 0 Å². The lowest BCUT2D eigenvalue weighted by Gasteiger charge is -2.21. The molecule has 104 heavy (non-hydrogen) atoms. The number of allylic oxidation sites excluding steroid dienone is 18. The van der Waals surface area contributed by atoms with Crippen LogP contribution < -0.4 is 0 Å². The highest BCUT2D eigenvalue weighted by atomic mass is 31.2. The topological polar surface area (TPSA) is 237 Å². The van der Waals surface area contributed by atoms with Crippen molar-refractivity contribution in [2.45, 2.75) is 367 Å². The monoisotopic (exact) mass is 1500 g/mol. The first kappa shape index (κ1) is 99.7. The predicted molar refractivity (Wildman–Crippen MR) is 427 cm³/mol. The van der Waals surface area contributed by atoms with Crippen LogP contribution in [0, 0.1) is 0 Å². The molecule has 5 unspecified atom stereocenters. The fraction of sp³-hybridized carbons (Fsp3) is 0.741. The van der Waals surface area contributed by atoms with Gasteiger partial charge in [0.05, 0.1) is 26.4 Å². The molecule has 0 aromatic heterocycles. The SMILES string of the molecule is CC/C=C\C/C=C\C/C=C\C/C=C\C/C=C\CCCCCC(=O)OCC(COP(=O)(O)OCC(O)COP(=O)(O)OCC(COC(=O)CCCCCC/C=C\C/C=C\C/C=C\C/C=C\CC)OC(=O)CCCCCCCCCCCCCCC)OC(=O)CCCCCCCCCCCCCCCCC. The number of phosphoric ester groups is 2. The zero-order valence-electron chi connectivity index (χ0n) is 65.7. The average Bonchev–Trinajstić information content (AvgIpc) is 0.911. The number of rotatable bonds is 77. The minimum atomic E-state index is -4.99. The highest BCUT2D eigenvalue weighted by Crippen LogP contribution is 2.45. The molecule has 0 saturated carbocycles. The largest absolute Gasteiger partial charge is 0.472 e. The standard InChI is InChI=1S/C85H148O17P2/c1-5-9-13-17-21-25-29-33-36-38-39-41-44-47-50-54-58-62-66-70-83(88)96-76-81(102-85(90)72-68-64-60-56-52-48-42-35-31-27-23-19-15-11-7-3)78-100-104(93,94)98-74-79(86)73-97-103(91,92)99-77-80(101-84(89)71-67-63-59-55-51-45-32-28-24-20-16-12-8-4)75-95-82(87)69-65-61-57-53-49-46-43-40-37-34-30-26-22-18-14-10-6-2/h9-10,13-14,21-22,25-26,33-34,36-37,39,41,43,46-47,50,79-81,86H,5-8,11-12,15-20,23-24,27-32,35,38,40,42,44-45,48-49,51-78H2,1-4H3,(H,91,92)(H,93,94)/b13-9-,14-10-,25-21-,26-22-,36-33-,37-34-,41-39-,46-43-,50-47-. The Hall–Kier alpha value is -4.28. The van der Waals surface area contributed by atoms with Gasteiger partial charge < -0.3 is 33.8 Å². The molecule has 0 aromatic carbocycles. The van der Waals surface area contributed by atoms with Gasteiger partial charge in [-0.15, -0.1) is 0 Å². The quantitative estimate of drug-likeness (QED) is 0.0169. The summed E-state index contributed by atoms with van der Waals surface area (Å²) >= 11 is 0. The van der Waals surface area contributed by atoms with Crippen LogP contribution in [0.4, 0.5) is 0 Å². The van der Waals surface area contributed by atoms with Crippen LogP contribution in [0.15, 0.2) is 109 Å². The molecule has 0 saturated heterocycles. The molecular formula is C85H148O17P2. The molecule has 600 valence electrons. The number of hydrogen-bond donors (Lipinski definition) is 3. The van der Waals surface area contributed by atoms with E-state index in [2.05, 4.69) is 137 Å². The highest BCUT2D eigenvalue weighted by Gasteiger charge is 2.30. The van der Waals surface area contributed by atoms with Gasteiger partial charge in [0.25, 0.3) is 0 Å². The van der Waals surface area contributed by atoms with Crippen molar-refractivity contribution in [3.8, 4) is 0 Å². The molecule has 19 heteroatoms. The first-order chi connectivity index (χ1) is 50.7. The van der Waals surface area contributed by atoms with Crippen molar-refractivity contribution in [1.29, 1.82) is 0 Å². The molecule has 5 atom stereocenters. The lowest BCUT2D eigenvalue weighted by Crippen LogP contribution is -2.30. The maximum absolute atomic E-state index is 13.1. The fourth-order valence-corrected chi connectivity index (χ4v) is 12.6. The van der Waals surface area contributed by atoms with Crippen molar-refractivity contribution < 1.29 is 80.2 Å². The minimum Gasteiger partial charge on any atom is -0.462 e. The summed E-state index contributed by atoms with van der Waals surface area (Å²) in [5.74, 6) is -2.22. The summed E-state index contributed by atoms with van der Waals surface area (Å²) in [5.41, 5.74) is 0. The van der Waals surface area contributed by atoms with E-state index in [1.165, 1.54) is 116 Å². The van der Waals surface area contributed by atoms with E-state index in [9.17, 15) is 43.2 Å². The molecule has 0 bridgehead atoms. The van der Waals surface area contributed by atoms with Crippen LogP contribution >= 0.6 is 15.6 Å². The van der Waals surface area contributed by atoms with Crippen LogP contribution in [0.25, 0.3) is 0 Å². The number of esters is 4. The smallest absolute Gasteiger partial charge is 0.462 e. The Morgan fingerprint density at radius 3 is 0.779 bits per heavy atom. The van der Waals surface area contributed by atoms with Gasteiger partial charge in [-0.2, -0.15) is 0 Å². The number of unbranched alkanes of at least 4 members (excludes halogenated alkanes) is 33. The van der Waals surface area contributed by atoms with E-state index >= 15 is 0 Å². The Bertz CT molecular complexity index is 2390. The molecule has 0 heterocycles. The van der Waals surface area contributed by atoms with Crippen LogP contribution in [0.1, 0.15) is 349 Å². The second kappa shape index (κ2) is 76.9. The molecule has 0 rings (SSSR count). The Morgan fingerprint density at radius 1 is 0.279 bits per heavy atom. The zero-order chi connectivity index (χ0) is 76.0. The van der Waals surface area contributed by atoms with E-state index in [0.717, 1.165) is 154 Å². The maximum Gasteiger partial charge on any atom is 0.472 e. The van der Waals surface area contributed by atoms with Crippen molar-refractivity contribution in [2.75, 3.05) is 39.6 Å². The van der Waals surface area contributed by atoms with Gasteiger partial charge in [0.2, 0.25) is 0 Å². The maximum atomic E-state index is 13.1. The third-order valence-electron chi connectivity index (χ3n) is 17.3. The zero-order valence-corrected chi connectivity index (χ0v) is 67.5. The van der Waals surface area contributed by atoms with Crippen molar-refractivity contribution in [1.82, 2.24) is 0 Å². The number of hydrogen-bond acceptors (Lipinski definition) is 15. The summed E-state index contributed by atoms with van der Waals surface area (Å²) in [5, 5.41) is 10.7. The second-order valence-electron chi connectivity index (χ2n) is 27.3. The number of aliphatic hydroxyl groups excluding tert-OH is 1. The van der Waals surface area contributed by atoms with Gasteiger partial charge in [-0.3, -0.25) is 37.3 Å². The van der Waals surface area contributed by atoms with Gasteiger partial charge in [0.1, 0.15) is 19.3 Å². The summed E-state index contributed by atoms with van der Waals surface area (Å²) in [6, 6.07) is 0. The summed E-state index contributed by atoms with van der Waals surface area (Å²) in [6.45, 7) is 4.64. The summed E-state index contributed by atoms with van der Waals surface area (Å²) in [6.07, 6.45) is 83.4. The lowest BCUT2D eigenvalue weighted by atomic mass is 10.0. The molecule has 0 radical (unpaired) electrons. The van der Waals surface area contributed by atoms with E-state index in [1.807, 2.05) is 0 Å². The van der Waals surface area contributed by atoms with Gasteiger partial charge in [0.15, 0.2) is 12.2 Å². The van der Waals surface area contributed by atoms with Crippen LogP contribution in [-0.4, -0.2) is 96.7 Å². The number of phosphoric acid groups is 2. The number of carbonyl (C=O) groups excluding carboxylic acids is 4. The number of carbonyl (C=O) groups is 4. The summed E-state index contributed by atoms with van der Waals surface area (Å²) in [7, 11) is -9.97. The highest BCUT2D eigenvalue weighted by molar-refractivity contribution is 7.47. The third kappa shape index (κ3) is 75.9. The third-order valence-corrected chi connectivity index (χ3v) is 19.2. The molecule has 0 aliphatic heterocycles. The van der Waals surface area contributed by atoms with E-state index in [0.29, 0.717) is 25.7 Å². The second-order valence-corrected chi connectivity index (χ2v) is 30.2. The Morgan fingerprint density at radius 2 is 0.500 bits per heavy atom. The van der Waals surface area contributed by atoms with Gasteiger partial charge >= 0.3 is 39.5 Å². The molecule has 0 spiro atoms. The van der Waals surface area contributed by atoms with Gasteiger partial charge in [-0.25, -0.2) is 9.13 Å². The number of aliphatic hydroxyl groups is 1. The summed E-state index contributed by atoms with van der Waals surface area (Å²) < 4.78 is 68.7. The Kier molecular flexibility index (Phi) is 73.7. The van der Waals surface area contributed by atoms with Crippen molar-refractivity contribution >= 4 is 39.5 Å².